The lowest BCUT2D eigenvalue weighted by Crippen LogP contribution is -2.17. The monoisotopic (exact) mass is 401 g/mol. The summed E-state index contributed by atoms with van der Waals surface area (Å²) < 4.78 is 9.68. The van der Waals surface area contributed by atoms with Crippen LogP contribution in [0.15, 0.2) is 39.8 Å². The van der Waals surface area contributed by atoms with Crippen LogP contribution in [0, 0.1) is 0 Å². The fourth-order valence-corrected chi connectivity index (χ4v) is 3.42. The van der Waals surface area contributed by atoms with Crippen molar-refractivity contribution >= 4 is 31.9 Å². The van der Waals surface area contributed by atoms with E-state index in [0.29, 0.717) is 6.61 Å². The molecule has 2 rings (SSSR count). The van der Waals surface area contributed by atoms with Crippen molar-refractivity contribution in [3.05, 3.63) is 45.4 Å². The first-order chi connectivity index (χ1) is 9.56. The molecule has 2 N–H and O–H groups in total. The molecule has 0 amide bonds. The summed E-state index contributed by atoms with van der Waals surface area (Å²) in [6.07, 6.45) is 6.29. The summed E-state index contributed by atoms with van der Waals surface area (Å²) in [5.41, 5.74) is 7.01. The quantitative estimate of drug-likeness (QED) is 0.805. The Kier molecular flexibility index (Phi) is 5.63. The zero-order chi connectivity index (χ0) is 14.5. The molecule has 0 aliphatic carbocycles. The number of aromatic nitrogens is 2. The molecule has 4 nitrogen and oxygen atoms in total. The molecule has 20 heavy (non-hydrogen) atoms. The lowest BCUT2D eigenvalue weighted by Gasteiger charge is -2.13. The van der Waals surface area contributed by atoms with Crippen LogP contribution in [0.5, 0.6) is 5.75 Å². The number of imidazole rings is 1. The summed E-state index contributed by atoms with van der Waals surface area (Å²) in [5.74, 6) is 0.818. The summed E-state index contributed by atoms with van der Waals surface area (Å²) in [6.45, 7) is 3.35. The van der Waals surface area contributed by atoms with Crippen molar-refractivity contribution in [2.24, 2.45) is 5.73 Å². The van der Waals surface area contributed by atoms with Crippen molar-refractivity contribution in [1.82, 2.24) is 9.55 Å². The van der Waals surface area contributed by atoms with Crippen molar-refractivity contribution < 1.29 is 4.74 Å². The molecule has 1 unspecified atom stereocenters. The van der Waals surface area contributed by atoms with Gasteiger partial charge in [-0.15, -0.1) is 0 Å². The maximum absolute atomic E-state index is 5.83. The highest BCUT2D eigenvalue weighted by atomic mass is 79.9. The van der Waals surface area contributed by atoms with Crippen LogP contribution >= 0.6 is 31.9 Å². The van der Waals surface area contributed by atoms with Gasteiger partial charge in [-0.3, -0.25) is 0 Å². The first-order valence-electron chi connectivity index (χ1n) is 6.38. The van der Waals surface area contributed by atoms with Gasteiger partial charge in [-0.05, 0) is 62.9 Å². The van der Waals surface area contributed by atoms with E-state index in [9.17, 15) is 0 Å². The Hall–Kier alpha value is -0.850. The summed E-state index contributed by atoms with van der Waals surface area (Å²) in [5, 5.41) is 0. The Morgan fingerprint density at radius 1 is 1.35 bits per heavy atom. The minimum Gasteiger partial charge on any atom is -0.489 e. The van der Waals surface area contributed by atoms with Crippen molar-refractivity contribution in [2.75, 3.05) is 6.61 Å². The predicted octanol–water partition coefficient (Wildman–Crippen LogP) is 3.38. The third-order valence-electron chi connectivity index (χ3n) is 2.77. The van der Waals surface area contributed by atoms with Crippen LogP contribution in [-0.4, -0.2) is 22.2 Å². The minimum atomic E-state index is 0.141. The zero-order valence-corrected chi connectivity index (χ0v) is 14.4. The lowest BCUT2D eigenvalue weighted by molar-refractivity contribution is 0.294. The van der Waals surface area contributed by atoms with Crippen molar-refractivity contribution in [1.29, 1.82) is 0 Å². The second-order valence-electron chi connectivity index (χ2n) is 4.72. The van der Waals surface area contributed by atoms with Crippen molar-refractivity contribution in [2.45, 2.75) is 25.9 Å². The van der Waals surface area contributed by atoms with Gasteiger partial charge in [0.2, 0.25) is 0 Å². The maximum Gasteiger partial charge on any atom is 0.147 e. The molecular weight excluding hydrogens is 386 g/mol. The summed E-state index contributed by atoms with van der Waals surface area (Å²) >= 11 is 7.10. The van der Waals surface area contributed by atoms with E-state index >= 15 is 0 Å². The van der Waals surface area contributed by atoms with Crippen molar-refractivity contribution in [3.8, 4) is 5.75 Å². The number of rotatable bonds is 6. The first-order valence-corrected chi connectivity index (χ1v) is 7.97. The molecule has 0 saturated carbocycles. The van der Waals surface area contributed by atoms with Gasteiger partial charge in [0.25, 0.3) is 0 Å². The highest BCUT2D eigenvalue weighted by Gasteiger charge is 2.10. The Morgan fingerprint density at radius 2 is 2.05 bits per heavy atom. The van der Waals surface area contributed by atoms with Crippen LogP contribution in [0.4, 0.5) is 0 Å². The van der Waals surface area contributed by atoms with E-state index < -0.39 is 0 Å². The molecule has 0 fully saturated rings. The van der Waals surface area contributed by atoms with E-state index in [1.807, 2.05) is 17.7 Å². The van der Waals surface area contributed by atoms with Gasteiger partial charge < -0.3 is 15.0 Å². The molecule has 1 atom stereocenters. The van der Waals surface area contributed by atoms with E-state index in [4.69, 9.17) is 10.5 Å². The average Bonchev–Trinajstić information content (AvgIpc) is 2.84. The molecule has 0 radical (unpaired) electrons. The second kappa shape index (κ2) is 7.24. The summed E-state index contributed by atoms with van der Waals surface area (Å²) in [4.78, 5) is 4.00. The largest absolute Gasteiger partial charge is 0.489 e. The van der Waals surface area contributed by atoms with Gasteiger partial charge in [-0.25, -0.2) is 4.98 Å². The minimum absolute atomic E-state index is 0.141. The Bertz CT molecular complexity index is 533. The molecule has 0 aliphatic rings. The number of halogens is 2. The highest BCUT2D eigenvalue weighted by Crippen LogP contribution is 2.35. The smallest absolute Gasteiger partial charge is 0.147 e. The second-order valence-corrected chi connectivity index (χ2v) is 6.43. The topological polar surface area (TPSA) is 53.1 Å². The summed E-state index contributed by atoms with van der Waals surface area (Å²) in [7, 11) is 0. The lowest BCUT2D eigenvalue weighted by atomic mass is 10.1. The van der Waals surface area contributed by atoms with Gasteiger partial charge in [0.1, 0.15) is 12.4 Å². The molecule has 0 aliphatic heterocycles. The van der Waals surface area contributed by atoms with Crippen LogP contribution in [0.3, 0.4) is 0 Å². The van der Waals surface area contributed by atoms with Crippen LogP contribution in [-0.2, 0) is 13.0 Å². The SMILES string of the molecule is CC(N)Cc1cc(Br)c(OCCn2ccnc2)c(Br)c1. The molecule has 1 aromatic heterocycles. The molecule has 0 spiro atoms. The van der Waals surface area contributed by atoms with Crippen molar-refractivity contribution in [3.63, 3.8) is 0 Å². The fourth-order valence-electron chi connectivity index (χ4n) is 1.91. The van der Waals surface area contributed by atoms with Crippen LogP contribution in [0.1, 0.15) is 12.5 Å². The van der Waals surface area contributed by atoms with Gasteiger partial charge in [0.05, 0.1) is 21.8 Å². The number of hydrogen-bond acceptors (Lipinski definition) is 3. The zero-order valence-electron chi connectivity index (χ0n) is 11.2. The molecule has 6 heteroatoms. The summed E-state index contributed by atoms with van der Waals surface area (Å²) in [6, 6.07) is 4.25. The first kappa shape index (κ1) is 15.5. The van der Waals surface area contributed by atoms with Gasteiger partial charge in [-0.2, -0.15) is 0 Å². The number of benzene rings is 1. The molecule has 0 bridgehead atoms. The van der Waals surface area contributed by atoms with Crippen LogP contribution < -0.4 is 10.5 Å². The van der Waals surface area contributed by atoms with Gasteiger partial charge in [0.15, 0.2) is 0 Å². The molecule has 1 heterocycles. The number of nitrogens with zero attached hydrogens (tertiary/aromatic N) is 2. The van der Waals surface area contributed by atoms with Crippen LogP contribution in [0.2, 0.25) is 0 Å². The maximum atomic E-state index is 5.83. The standard InChI is InChI=1S/C14H17Br2N3O/c1-10(17)6-11-7-12(15)14(13(16)8-11)20-5-4-19-3-2-18-9-19/h2-3,7-10H,4-6,17H2,1H3. The molecule has 108 valence electrons. The van der Waals surface area contributed by atoms with E-state index in [2.05, 4.69) is 49.0 Å². The average molecular weight is 403 g/mol. The van der Waals surface area contributed by atoms with Gasteiger partial charge in [0, 0.05) is 18.4 Å². The predicted molar refractivity (Wildman–Crippen MR) is 86.9 cm³/mol. The Morgan fingerprint density at radius 3 is 2.60 bits per heavy atom. The Labute approximate surface area is 135 Å². The molecule has 0 saturated heterocycles. The van der Waals surface area contributed by atoms with E-state index in [1.54, 1.807) is 12.5 Å². The number of nitrogens with two attached hydrogens (primary N) is 1. The van der Waals surface area contributed by atoms with E-state index in [1.165, 1.54) is 5.56 Å². The van der Waals surface area contributed by atoms with Crippen LogP contribution in [0.25, 0.3) is 0 Å². The van der Waals surface area contributed by atoms with E-state index in [0.717, 1.165) is 27.7 Å². The third kappa shape index (κ3) is 4.33. The fraction of sp³-hybridized carbons (Fsp3) is 0.357. The molecule has 1 aromatic carbocycles. The highest BCUT2D eigenvalue weighted by molar-refractivity contribution is 9.11. The third-order valence-corrected chi connectivity index (χ3v) is 3.95. The number of hydrogen-bond donors (Lipinski definition) is 1. The normalized spacial score (nSPS) is 12.4. The Balaban J connectivity index is 2.00. The van der Waals surface area contributed by atoms with Gasteiger partial charge in [-0.1, -0.05) is 0 Å². The molecular formula is C14H17Br2N3O. The molecule has 2 aromatic rings. The van der Waals surface area contributed by atoms with Gasteiger partial charge >= 0.3 is 0 Å². The van der Waals surface area contributed by atoms with E-state index in [-0.39, 0.29) is 6.04 Å². The number of ether oxygens (including phenoxy) is 1.